The molecular formula is C18H35NO. The summed E-state index contributed by atoms with van der Waals surface area (Å²) in [6.45, 7) is 6.62. The van der Waals surface area contributed by atoms with Gasteiger partial charge in [-0.05, 0) is 32.6 Å². The van der Waals surface area contributed by atoms with Crippen molar-refractivity contribution in [3.05, 3.63) is 0 Å². The normalized spacial score (nSPS) is 36.0. The van der Waals surface area contributed by atoms with Crippen LogP contribution in [0.4, 0.5) is 0 Å². The monoisotopic (exact) mass is 281 g/mol. The summed E-state index contributed by atoms with van der Waals surface area (Å²) in [6.07, 6.45) is 16.0. The molecule has 0 aromatic carbocycles. The zero-order chi connectivity index (χ0) is 14.3. The molecule has 0 aromatic rings. The van der Waals surface area contributed by atoms with Crippen LogP contribution in [-0.4, -0.2) is 24.8 Å². The molecule has 2 fully saturated rings. The Morgan fingerprint density at radius 3 is 1.85 bits per heavy atom. The molecular weight excluding hydrogens is 246 g/mol. The predicted molar refractivity (Wildman–Crippen MR) is 86.1 cm³/mol. The first-order valence-corrected chi connectivity index (χ1v) is 9.09. The minimum Gasteiger partial charge on any atom is -0.369 e. The molecule has 1 saturated heterocycles. The van der Waals surface area contributed by atoms with Gasteiger partial charge in [0, 0.05) is 13.1 Å². The van der Waals surface area contributed by atoms with Crippen LogP contribution in [0.2, 0.25) is 0 Å². The Kier molecular flexibility index (Phi) is 6.83. The lowest BCUT2D eigenvalue weighted by Gasteiger charge is -2.44. The SMILES string of the molecule is C[C@H]1CNC[C@](C)(C2CCCCCCCCCCC2)O1. The maximum atomic E-state index is 6.38. The quantitative estimate of drug-likeness (QED) is 0.754. The van der Waals surface area contributed by atoms with Crippen molar-refractivity contribution in [1.82, 2.24) is 5.32 Å². The summed E-state index contributed by atoms with van der Waals surface area (Å²) in [5, 5.41) is 3.58. The minimum absolute atomic E-state index is 0.0712. The lowest BCUT2D eigenvalue weighted by atomic mass is 9.79. The van der Waals surface area contributed by atoms with Crippen molar-refractivity contribution in [2.24, 2.45) is 5.92 Å². The molecule has 0 amide bonds. The molecule has 2 aliphatic rings. The van der Waals surface area contributed by atoms with Crippen molar-refractivity contribution in [2.75, 3.05) is 13.1 Å². The van der Waals surface area contributed by atoms with Gasteiger partial charge in [-0.3, -0.25) is 0 Å². The van der Waals surface area contributed by atoms with Crippen LogP contribution in [0.1, 0.15) is 84.5 Å². The second-order valence-corrected chi connectivity index (χ2v) is 7.33. The van der Waals surface area contributed by atoms with Crippen molar-refractivity contribution >= 4 is 0 Å². The van der Waals surface area contributed by atoms with E-state index in [9.17, 15) is 0 Å². The van der Waals surface area contributed by atoms with E-state index in [4.69, 9.17) is 4.74 Å². The Morgan fingerprint density at radius 2 is 1.35 bits per heavy atom. The highest BCUT2D eigenvalue weighted by Crippen LogP contribution is 2.34. The number of hydrogen-bond donors (Lipinski definition) is 1. The lowest BCUT2D eigenvalue weighted by Crippen LogP contribution is -2.55. The van der Waals surface area contributed by atoms with Gasteiger partial charge in [-0.15, -0.1) is 0 Å². The summed E-state index contributed by atoms with van der Waals surface area (Å²) in [4.78, 5) is 0. The van der Waals surface area contributed by atoms with Crippen molar-refractivity contribution in [3.63, 3.8) is 0 Å². The summed E-state index contributed by atoms with van der Waals surface area (Å²) >= 11 is 0. The molecule has 2 atom stereocenters. The van der Waals surface area contributed by atoms with E-state index < -0.39 is 0 Å². The van der Waals surface area contributed by atoms with Crippen LogP contribution in [0.5, 0.6) is 0 Å². The number of nitrogens with one attached hydrogen (secondary N) is 1. The molecule has 0 bridgehead atoms. The average Bonchev–Trinajstić information content (AvgIpc) is 2.38. The van der Waals surface area contributed by atoms with Crippen LogP contribution in [0.3, 0.4) is 0 Å². The predicted octanol–water partition coefficient (Wildman–Crippen LogP) is 4.67. The summed E-state index contributed by atoms with van der Waals surface area (Å²) < 4.78 is 6.38. The van der Waals surface area contributed by atoms with Gasteiger partial charge in [-0.25, -0.2) is 0 Å². The van der Waals surface area contributed by atoms with Crippen molar-refractivity contribution < 1.29 is 4.74 Å². The van der Waals surface area contributed by atoms with Gasteiger partial charge in [0.25, 0.3) is 0 Å². The molecule has 1 saturated carbocycles. The van der Waals surface area contributed by atoms with Crippen LogP contribution in [0.25, 0.3) is 0 Å². The van der Waals surface area contributed by atoms with Gasteiger partial charge in [0.15, 0.2) is 0 Å². The summed E-state index contributed by atoms with van der Waals surface area (Å²) in [5.74, 6) is 0.747. The first-order valence-electron chi connectivity index (χ1n) is 9.09. The summed E-state index contributed by atoms with van der Waals surface area (Å²) in [6, 6.07) is 0. The molecule has 1 heterocycles. The molecule has 0 spiro atoms. The second-order valence-electron chi connectivity index (χ2n) is 7.33. The van der Waals surface area contributed by atoms with Crippen molar-refractivity contribution in [1.29, 1.82) is 0 Å². The van der Waals surface area contributed by atoms with E-state index in [1.165, 1.54) is 70.6 Å². The van der Waals surface area contributed by atoms with E-state index in [2.05, 4.69) is 19.2 Å². The summed E-state index contributed by atoms with van der Waals surface area (Å²) in [5.41, 5.74) is 0.0712. The fourth-order valence-corrected chi connectivity index (χ4v) is 4.08. The van der Waals surface area contributed by atoms with Gasteiger partial charge >= 0.3 is 0 Å². The molecule has 0 radical (unpaired) electrons. The summed E-state index contributed by atoms with van der Waals surface area (Å²) in [7, 11) is 0. The molecule has 1 aliphatic carbocycles. The molecule has 20 heavy (non-hydrogen) atoms. The third kappa shape index (κ3) is 5.04. The molecule has 2 nitrogen and oxygen atoms in total. The highest BCUT2D eigenvalue weighted by molar-refractivity contribution is 4.90. The van der Waals surface area contributed by atoms with Gasteiger partial charge < -0.3 is 10.1 Å². The van der Waals surface area contributed by atoms with Gasteiger partial charge in [0.05, 0.1) is 11.7 Å². The topological polar surface area (TPSA) is 21.3 Å². The Balaban J connectivity index is 1.90. The van der Waals surface area contributed by atoms with Crippen LogP contribution in [0, 0.1) is 5.92 Å². The average molecular weight is 281 g/mol. The zero-order valence-corrected chi connectivity index (χ0v) is 13.8. The van der Waals surface area contributed by atoms with E-state index in [1.807, 2.05) is 0 Å². The Bertz CT molecular complexity index is 256. The Labute approximate surface area is 126 Å². The third-order valence-corrected chi connectivity index (χ3v) is 5.35. The van der Waals surface area contributed by atoms with Crippen molar-refractivity contribution in [2.45, 2.75) is 96.2 Å². The smallest absolute Gasteiger partial charge is 0.0810 e. The number of rotatable bonds is 1. The fourth-order valence-electron chi connectivity index (χ4n) is 4.08. The molecule has 0 aromatic heterocycles. The Morgan fingerprint density at radius 1 is 0.850 bits per heavy atom. The number of ether oxygens (including phenoxy) is 1. The van der Waals surface area contributed by atoms with E-state index in [-0.39, 0.29) is 5.60 Å². The lowest BCUT2D eigenvalue weighted by molar-refractivity contribution is -0.134. The standard InChI is InChI=1S/C18H35NO/c1-16-14-19-15-18(2,20-16)17-12-10-8-6-4-3-5-7-9-11-13-17/h16-17,19H,3-15H2,1-2H3/t16-,18+/m0/s1. The van der Waals surface area contributed by atoms with E-state index in [0.717, 1.165) is 19.0 Å². The van der Waals surface area contributed by atoms with E-state index >= 15 is 0 Å². The fraction of sp³-hybridized carbons (Fsp3) is 1.00. The molecule has 118 valence electrons. The first kappa shape index (κ1) is 16.3. The molecule has 2 heteroatoms. The zero-order valence-electron chi connectivity index (χ0n) is 13.8. The maximum absolute atomic E-state index is 6.38. The van der Waals surface area contributed by atoms with Crippen LogP contribution < -0.4 is 5.32 Å². The number of morpholine rings is 1. The van der Waals surface area contributed by atoms with E-state index in [1.54, 1.807) is 0 Å². The third-order valence-electron chi connectivity index (χ3n) is 5.35. The highest BCUT2D eigenvalue weighted by Gasteiger charge is 2.38. The molecule has 1 aliphatic heterocycles. The molecule has 0 unspecified atom stereocenters. The van der Waals surface area contributed by atoms with Gasteiger partial charge in [0.1, 0.15) is 0 Å². The van der Waals surface area contributed by atoms with Crippen LogP contribution in [0.15, 0.2) is 0 Å². The van der Waals surface area contributed by atoms with Crippen LogP contribution >= 0.6 is 0 Å². The van der Waals surface area contributed by atoms with Crippen LogP contribution in [-0.2, 0) is 4.74 Å². The molecule has 1 N–H and O–H groups in total. The van der Waals surface area contributed by atoms with Gasteiger partial charge in [-0.1, -0.05) is 57.8 Å². The highest BCUT2D eigenvalue weighted by atomic mass is 16.5. The maximum Gasteiger partial charge on any atom is 0.0810 e. The number of hydrogen-bond acceptors (Lipinski definition) is 2. The van der Waals surface area contributed by atoms with Gasteiger partial charge in [-0.2, -0.15) is 0 Å². The van der Waals surface area contributed by atoms with Gasteiger partial charge in [0.2, 0.25) is 0 Å². The second kappa shape index (κ2) is 8.38. The van der Waals surface area contributed by atoms with Crippen molar-refractivity contribution in [3.8, 4) is 0 Å². The first-order chi connectivity index (χ1) is 9.71. The minimum atomic E-state index is 0.0712. The molecule has 2 rings (SSSR count). The van der Waals surface area contributed by atoms with E-state index in [0.29, 0.717) is 6.10 Å². The Hall–Kier alpha value is -0.0800. The largest absolute Gasteiger partial charge is 0.369 e.